The molecule has 0 radical (unpaired) electrons. The van der Waals surface area contributed by atoms with Gasteiger partial charge in [-0.3, -0.25) is 9.36 Å². The topological polar surface area (TPSA) is 107 Å². The van der Waals surface area contributed by atoms with Crippen LogP contribution in [0.3, 0.4) is 0 Å². The lowest BCUT2D eigenvalue weighted by molar-refractivity contribution is -0.115. The summed E-state index contributed by atoms with van der Waals surface area (Å²) in [6, 6.07) is 9.62. The van der Waals surface area contributed by atoms with Crippen LogP contribution < -0.4 is 5.32 Å². The number of sulfone groups is 1. The molecule has 0 atom stereocenters. The molecule has 1 N–H and O–H groups in total. The third-order valence-corrected chi connectivity index (χ3v) is 5.12. The first-order chi connectivity index (χ1) is 12.0. The number of anilines is 1. The molecule has 1 aromatic carbocycles. The molecule has 1 amide bonds. The van der Waals surface area contributed by atoms with Crippen LogP contribution in [0.1, 0.15) is 6.42 Å². The van der Waals surface area contributed by atoms with Crippen LogP contribution in [-0.2, 0) is 14.6 Å². The van der Waals surface area contributed by atoms with Gasteiger partial charge >= 0.3 is 0 Å². The molecule has 0 fully saturated rings. The molecular weight excluding hydrogens is 342 g/mol. The first-order valence-electron chi connectivity index (χ1n) is 7.43. The second-order valence-electron chi connectivity index (χ2n) is 5.16. The van der Waals surface area contributed by atoms with Crippen molar-refractivity contribution in [2.75, 3.05) is 11.1 Å². The van der Waals surface area contributed by atoms with Gasteiger partial charge in [-0.2, -0.15) is 0 Å². The van der Waals surface area contributed by atoms with Crippen LogP contribution >= 0.6 is 0 Å². The van der Waals surface area contributed by atoms with Crippen molar-refractivity contribution in [1.82, 2.24) is 19.5 Å². The monoisotopic (exact) mass is 357 g/mol. The standard InChI is InChI=1S/C16H15N5O3S/c22-16(6-9-25(23,24)13-4-2-1-3-5-13)20-14-10-15(19-11-18-14)21-8-7-17-12-21/h1-5,7-8,10-12H,6,9H2,(H,18,19,20,22). The van der Waals surface area contributed by atoms with Crippen molar-refractivity contribution in [2.45, 2.75) is 11.3 Å². The zero-order valence-corrected chi connectivity index (χ0v) is 13.9. The van der Waals surface area contributed by atoms with Gasteiger partial charge in [-0.15, -0.1) is 0 Å². The van der Waals surface area contributed by atoms with Crippen molar-refractivity contribution in [3.8, 4) is 5.82 Å². The molecule has 2 aromatic heterocycles. The Balaban J connectivity index is 1.63. The first-order valence-corrected chi connectivity index (χ1v) is 9.08. The van der Waals surface area contributed by atoms with E-state index in [2.05, 4.69) is 20.3 Å². The van der Waals surface area contributed by atoms with Crippen LogP contribution in [0.15, 0.2) is 66.3 Å². The van der Waals surface area contributed by atoms with Crippen molar-refractivity contribution in [3.05, 3.63) is 61.4 Å². The fourth-order valence-corrected chi connectivity index (χ4v) is 3.39. The number of nitrogens with one attached hydrogen (secondary N) is 1. The molecular formula is C16H15N5O3S. The Bertz CT molecular complexity index is 956. The third kappa shape index (κ3) is 4.27. The highest BCUT2D eigenvalue weighted by Crippen LogP contribution is 2.12. The summed E-state index contributed by atoms with van der Waals surface area (Å²) in [5.41, 5.74) is 0. The predicted octanol–water partition coefficient (Wildman–Crippen LogP) is 1.46. The van der Waals surface area contributed by atoms with Gasteiger partial charge in [0.1, 0.15) is 24.3 Å². The quantitative estimate of drug-likeness (QED) is 0.716. The fraction of sp³-hybridized carbons (Fsp3) is 0.125. The Labute approximate surface area is 144 Å². The lowest BCUT2D eigenvalue weighted by Crippen LogP contribution is -2.18. The van der Waals surface area contributed by atoms with Crippen molar-refractivity contribution < 1.29 is 13.2 Å². The Morgan fingerprint density at radius 2 is 1.96 bits per heavy atom. The van der Waals surface area contributed by atoms with Crippen molar-refractivity contribution in [3.63, 3.8) is 0 Å². The SMILES string of the molecule is O=C(CCS(=O)(=O)c1ccccc1)Nc1cc(-n2ccnc2)ncn1. The van der Waals surface area contributed by atoms with Crippen LogP contribution in [0.2, 0.25) is 0 Å². The predicted molar refractivity (Wildman–Crippen MR) is 90.9 cm³/mol. The molecule has 0 saturated heterocycles. The third-order valence-electron chi connectivity index (χ3n) is 3.39. The van der Waals surface area contributed by atoms with Gasteiger partial charge in [0.2, 0.25) is 5.91 Å². The van der Waals surface area contributed by atoms with E-state index in [1.807, 2.05) is 0 Å². The summed E-state index contributed by atoms with van der Waals surface area (Å²) >= 11 is 0. The summed E-state index contributed by atoms with van der Waals surface area (Å²) in [5.74, 6) is 0.123. The molecule has 2 heterocycles. The average Bonchev–Trinajstić information content (AvgIpc) is 3.16. The normalized spacial score (nSPS) is 11.2. The van der Waals surface area contributed by atoms with Crippen LogP contribution in [0, 0.1) is 0 Å². The zero-order valence-electron chi connectivity index (χ0n) is 13.1. The molecule has 0 saturated carbocycles. The Morgan fingerprint density at radius 1 is 1.16 bits per heavy atom. The molecule has 3 rings (SSSR count). The van der Waals surface area contributed by atoms with Crippen LogP contribution in [0.5, 0.6) is 0 Å². The first kappa shape index (κ1) is 16.8. The number of benzene rings is 1. The number of imidazole rings is 1. The van der Waals surface area contributed by atoms with Gasteiger partial charge in [0, 0.05) is 24.9 Å². The molecule has 8 nitrogen and oxygen atoms in total. The van der Waals surface area contributed by atoms with Gasteiger partial charge in [0.05, 0.1) is 10.6 Å². The van der Waals surface area contributed by atoms with E-state index in [0.29, 0.717) is 11.6 Å². The maximum Gasteiger partial charge on any atom is 0.226 e. The van der Waals surface area contributed by atoms with Gasteiger partial charge in [0.25, 0.3) is 0 Å². The minimum Gasteiger partial charge on any atom is -0.311 e. The molecule has 0 bridgehead atoms. The maximum atomic E-state index is 12.2. The van der Waals surface area contributed by atoms with E-state index >= 15 is 0 Å². The summed E-state index contributed by atoms with van der Waals surface area (Å²) in [6.45, 7) is 0. The van der Waals surface area contributed by atoms with Crippen LogP contribution in [-0.4, -0.2) is 39.6 Å². The molecule has 3 aromatic rings. The van der Waals surface area contributed by atoms with Gasteiger partial charge in [0.15, 0.2) is 9.84 Å². The highest BCUT2D eigenvalue weighted by molar-refractivity contribution is 7.91. The highest BCUT2D eigenvalue weighted by Gasteiger charge is 2.16. The molecule has 0 aliphatic heterocycles. The van der Waals surface area contributed by atoms with Crippen molar-refractivity contribution in [2.24, 2.45) is 0 Å². The van der Waals surface area contributed by atoms with Gasteiger partial charge < -0.3 is 5.32 Å². The van der Waals surface area contributed by atoms with Crippen LogP contribution in [0.25, 0.3) is 5.82 Å². The van der Waals surface area contributed by atoms with Crippen LogP contribution in [0.4, 0.5) is 5.82 Å². The minimum absolute atomic E-state index is 0.165. The Morgan fingerprint density at radius 3 is 2.68 bits per heavy atom. The van der Waals surface area contributed by atoms with Gasteiger partial charge in [-0.05, 0) is 12.1 Å². The number of hydrogen-bond donors (Lipinski definition) is 1. The summed E-state index contributed by atoms with van der Waals surface area (Å²) < 4.78 is 26.0. The number of carbonyl (C=O) groups is 1. The number of rotatable bonds is 6. The molecule has 0 spiro atoms. The average molecular weight is 357 g/mol. The molecule has 0 aliphatic carbocycles. The fourth-order valence-electron chi connectivity index (χ4n) is 2.13. The Kier molecular flexibility index (Phi) is 4.85. The minimum atomic E-state index is -3.50. The lowest BCUT2D eigenvalue weighted by Gasteiger charge is -2.07. The smallest absolute Gasteiger partial charge is 0.226 e. The highest BCUT2D eigenvalue weighted by atomic mass is 32.2. The van der Waals surface area contributed by atoms with E-state index in [1.54, 1.807) is 47.6 Å². The number of hydrogen-bond acceptors (Lipinski definition) is 6. The summed E-state index contributed by atoms with van der Waals surface area (Å²) in [6.07, 6.45) is 6.03. The van der Waals surface area contributed by atoms with E-state index < -0.39 is 15.7 Å². The Hall–Kier alpha value is -3.07. The molecule has 9 heteroatoms. The summed E-state index contributed by atoms with van der Waals surface area (Å²) in [7, 11) is -3.50. The molecule has 25 heavy (non-hydrogen) atoms. The molecule has 0 unspecified atom stereocenters. The van der Waals surface area contributed by atoms with E-state index in [4.69, 9.17) is 0 Å². The van der Waals surface area contributed by atoms with E-state index in [9.17, 15) is 13.2 Å². The van der Waals surface area contributed by atoms with Crippen molar-refractivity contribution in [1.29, 1.82) is 0 Å². The number of carbonyl (C=O) groups excluding carboxylic acids is 1. The van der Waals surface area contributed by atoms with E-state index in [-0.39, 0.29) is 17.1 Å². The zero-order chi connectivity index (χ0) is 17.7. The number of amides is 1. The second kappa shape index (κ2) is 7.22. The summed E-state index contributed by atoms with van der Waals surface area (Å²) in [5, 5.41) is 2.58. The van der Waals surface area contributed by atoms with E-state index in [1.165, 1.54) is 18.5 Å². The molecule has 0 aliphatic rings. The van der Waals surface area contributed by atoms with Gasteiger partial charge in [-0.25, -0.2) is 23.4 Å². The lowest BCUT2D eigenvalue weighted by atomic mass is 10.4. The maximum absolute atomic E-state index is 12.2. The second-order valence-corrected chi connectivity index (χ2v) is 7.27. The summed E-state index contributed by atoms with van der Waals surface area (Å²) in [4.78, 5) is 24.2. The van der Waals surface area contributed by atoms with E-state index in [0.717, 1.165) is 0 Å². The van der Waals surface area contributed by atoms with Gasteiger partial charge in [-0.1, -0.05) is 18.2 Å². The van der Waals surface area contributed by atoms with Crippen molar-refractivity contribution >= 4 is 21.6 Å². The number of aromatic nitrogens is 4. The largest absolute Gasteiger partial charge is 0.311 e. The number of nitrogens with zero attached hydrogens (tertiary/aromatic N) is 4. The molecule has 128 valence electrons.